The van der Waals surface area contributed by atoms with Gasteiger partial charge in [-0.3, -0.25) is 9.40 Å². The lowest BCUT2D eigenvalue weighted by atomic mass is 9.87. The van der Waals surface area contributed by atoms with Crippen molar-refractivity contribution >= 4 is 33.0 Å². The fourth-order valence-corrected chi connectivity index (χ4v) is 4.57. The topological polar surface area (TPSA) is 81.3 Å². The number of rotatable bonds is 4. The maximum atomic E-state index is 13.0. The Bertz CT molecular complexity index is 1380. The van der Waals surface area contributed by atoms with Crippen molar-refractivity contribution in [3.05, 3.63) is 64.9 Å². The van der Waals surface area contributed by atoms with Gasteiger partial charge in [-0.05, 0) is 48.2 Å². The molecule has 0 saturated heterocycles. The zero-order valence-electron chi connectivity index (χ0n) is 18.0. The molecule has 1 aromatic carbocycles. The van der Waals surface area contributed by atoms with E-state index in [0.717, 1.165) is 16.8 Å². The van der Waals surface area contributed by atoms with Crippen LogP contribution in [0.15, 0.2) is 53.6 Å². The number of aromatic nitrogens is 4. The lowest BCUT2D eigenvalue weighted by Gasteiger charge is -2.19. The SMILES string of the molecule is Cc1c(-c2cc3c(Cl)ccc(NS(=O)(=O)c4ccc(C(C)(C)C)cc4)n3n2)cnn1C. The molecule has 0 aliphatic heterocycles. The van der Waals surface area contributed by atoms with Crippen LogP contribution in [0.3, 0.4) is 0 Å². The number of hydrogen-bond acceptors (Lipinski definition) is 4. The number of nitrogens with one attached hydrogen (secondary N) is 1. The summed E-state index contributed by atoms with van der Waals surface area (Å²) in [5, 5.41) is 9.32. The Morgan fingerprint density at radius 2 is 1.74 bits per heavy atom. The van der Waals surface area contributed by atoms with Crippen LogP contribution in [0.4, 0.5) is 5.82 Å². The van der Waals surface area contributed by atoms with Gasteiger partial charge < -0.3 is 0 Å². The molecule has 4 aromatic rings. The summed E-state index contributed by atoms with van der Waals surface area (Å²) >= 11 is 6.36. The van der Waals surface area contributed by atoms with Gasteiger partial charge in [-0.15, -0.1) is 0 Å². The average Bonchev–Trinajstić information content (AvgIpc) is 3.28. The molecule has 0 amide bonds. The van der Waals surface area contributed by atoms with E-state index in [0.29, 0.717) is 22.1 Å². The molecule has 0 aliphatic carbocycles. The van der Waals surface area contributed by atoms with E-state index in [1.54, 1.807) is 35.1 Å². The maximum absolute atomic E-state index is 13.0. The van der Waals surface area contributed by atoms with Crippen molar-refractivity contribution in [2.24, 2.45) is 7.05 Å². The summed E-state index contributed by atoms with van der Waals surface area (Å²) in [5.74, 6) is 0.298. The maximum Gasteiger partial charge on any atom is 0.263 e. The molecule has 3 aromatic heterocycles. The highest BCUT2D eigenvalue weighted by Gasteiger charge is 2.20. The molecule has 0 fully saturated rings. The largest absolute Gasteiger partial charge is 0.272 e. The van der Waals surface area contributed by atoms with Crippen molar-refractivity contribution in [3.63, 3.8) is 0 Å². The molecule has 0 bridgehead atoms. The van der Waals surface area contributed by atoms with Gasteiger partial charge in [0.1, 0.15) is 5.82 Å². The zero-order valence-corrected chi connectivity index (χ0v) is 19.6. The van der Waals surface area contributed by atoms with Crippen molar-refractivity contribution < 1.29 is 8.42 Å². The second kappa shape index (κ2) is 7.39. The van der Waals surface area contributed by atoms with E-state index in [-0.39, 0.29) is 10.3 Å². The van der Waals surface area contributed by atoms with Gasteiger partial charge in [-0.2, -0.15) is 10.2 Å². The predicted octanol–water partition coefficient (Wildman–Crippen LogP) is 4.79. The lowest BCUT2D eigenvalue weighted by Crippen LogP contribution is -2.16. The normalized spacial score (nSPS) is 12.5. The number of fused-ring (bicyclic) bond motifs is 1. The first-order valence-corrected chi connectivity index (χ1v) is 11.6. The molecule has 0 radical (unpaired) electrons. The van der Waals surface area contributed by atoms with Gasteiger partial charge in [0.15, 0.2) is 0 Å². The van der Waals surface area contributed by atoms with Crippen molar-refractivity contribution in [2.45, 2.75) is 38.0 Å². The predicted molar refractivity (Wildman–Crippen MR) is 123 cm³/mol. The van der Waals surface area contributed by atoms with Crippen molar-refractivity contribution in [1.82, 2.24) is 19.4 Å². The number of hydrogen-bond donors (Lipinski definition) is 1. The van der Waals surface area contributed by atoms with Crippen LogP contribution < -0.4 is 4.72 Å². The average molecular weight is 458 g/mol. The summed E-state index contributed by atoms with van der Waals surface area (Å²) in [6, 6.07) is 12.0. The summed E-state index contributed by atoms with van der Waals surface area (Å²) in [5.41, 5.74) is 4.06. The minimum Gasteiger partial charge on any atom is -0.272 e. The first kappa shape index (κ1) is 21.4. The Morgan fingerprint density at radius 1 is 1.06 bits per heavy atom. The molecular weight excluding hydrogens is 434 g/mol. The van der Waals surface area contributed by atoms with Crippen LogP contribution in [0, 0.1) is 6.92 Å². The highest BCUT2D eigenvalue weighted by atomic mass is 35.5. The van der Waals surface area contributed by atoms with Crippen molar-refractivity contribution in [1.29, 1.82) is 0 Å². The molecule has 0 aliphatic rings. The third-order valence-electron chi connectivity index (χ3n) is 5.35. The van der Waals surface area contributed by atoms with E-state index in [2.05, 4.69) is 35.7 Å². The van der Waals surface area contributed by atoms with E-state index in [4.69, 9.17) is 11.6 Å². The number of aryl methyl sites for hydroxylation is 1. The third kappa shape index (κ3) is 3.93. The van der Waals surface area contributed by atoms with Gasteiger partial charge in [0.05, 0.1) is 27.3 Å². The van der Waals surface area contributed by atoms with Crippen molar-refractivity contribution in [3.8, 4) is 11.3 Å². The summed E-state index contributed by atoms with van der Waals surface area (Å²) in [6.45, 7) is 8.19. The summed E-state index contributed by atoms with van der Waals surface area (Å²) in [6.07, 6.45) is 1.73. The van der Waals surface area contributed by atoms with E-state index in [1.807, 2.05) is 32.2 Å². The van der Waals surface area contributed by atoms with E-state index >= 15 is 0 Å². The monoisotopic (exact) mass is 457 g/mol. The van der Waals surface area contributed by atoms with Crippen molar-refractivity contribution in [2.75, 3.05) is 4.72 Å². The summed E-state index contributed by atoms with van der Waals surface area (Å²) in [7, 11) is -1.96. The lowest BCUT2D eigenvalue weighted by molar-refractivity contribution is 0.587. The quantitative estimate of drug-likeness (QED) is 0.477. The fraction of sp³-hybridized carbons (Fsp3) is 0.273. The molecule has 0 unspecified atom stereocenters. The number of nitrogens with zero attached hydrogens (tertiary/aromatic N) is 4. The highest BCUT2D eigenvalue weighted by Crippen LogP contribution is 2.30. The van der Waals surface area contributed by atoms with Gasteiger partial charge >= 0.3 is 0 Å². The van der Waals surface area contributed by atoms with Crippen LogP contribution in [0.1, 0.15) is 32.0 Å². The number of benzene rings is 1. The molecule has 31 heavy (non-hydrogen) atoms. The van der Waals surface area contributed by atoms with Crippen LogP contribution in [0.25, 0.3) is 16.8 Å². The Kier molecular flexibility index (Phi) is 5.10. The fourth-order valence-electron chi connectivity index (χ4n) is 3.33. The van der Waals surface area contributed by atoms with Crippen LogP contribution in [-0.4, -0.2) is 27.8 Å². The zero-order chi connectivity index (χ0) is 22.6. The summed E-state index contributed by atoms with van der Waals surface area (Å²) < 4.78 is 32.0. The van der Waals surface area contributed by atoms with Gasteiger partial charge in [-0.1, -0.05) is 44.5 Å². The van der Waals surface area contributed by atoms with Crippen LogP contribution in [-0.2, 0) is 22.5 Å². The first-order valence-electron chi connectivity index (χ1n) is 9.78. The number of halogens is 1. The molecule has 9 heteroatoms. The molecular formula is C22H24ClN5O2S. The van der Waals surface area contributed by atoms with Gasteiger partial charge in [0, 0.05) is 18.3 Å². The Balaban J connectivity index is 1.74. The Hall–Kier alpha value is -2.84. The van der Waals surface area contributed by atoms with Gasteiger partial charge in [-0.25, -0.2) is 12.9 Å². The molecule has 0 saturated carbocycles. The molecule has 3 heterocycles. The third-order valence-corrected chi connectivity index (χ3v) is 7.04. The molecule has 7 nitrogen and oxygen atoms in total. The first-order chi connectivity index (χ1) is 14.5. The van der Waals surface area contributed by atoms with Gasteiger partial charge in [0.2, 0.25) is 0 Å². The van der Waals surface area contributed by atoms with E-state index < -0.39 is 10.0 Å². The summed E-state index contributed by atoms with van der Waals surface area (Å²) in [4.78, 5) is 0.180. The number of anilines is 1. The number of pyridine rings is 1. The molecule has 0 spiro atoms. The smallest absolute Gasteiger partial charge is 0.263 e. The van der Waals surface area contributed by atoms with E-state index in [9.17, 15) is 8.42 Å². The van der Waals surface area contributed by atoms with Crippen LogP contribution >= 0.6 is 11.6 Å². The second-order valence-corrected chi connectivity index (χ2v) is 10.6. The minimum atomic E-state index is -3.81. The Morgan fingerprint density at radius 3 is 2.32 bits per heavy atom. The molecule has 0 atom stereocenters. The van der Waals surface area contributed by atoms with E-state index in [1.165, 1.54) is 4.52 Å². The highest BCUT2D eigenvalue weighted by molar-refractivity contribution is 7.92. The standard InChI is InChI=1S/C22H24ClN5O2S/c1-14-17(13-24-27(14)5)19-12-20-18(23)10-11-21(28(20)25-19)26-31(29,30)16-8-6-15(7-9-16)22(2,3)4/h6-13,26H,1-5H3. The van der Waals surface area contributed by atoms with Crippen LogP contribution in [0.2, 0.25) is 5.02 Å². The molecule has 4 rings (SSSR count). The Labute approximate surface area is 186 Å². The van der Waals surface area contributed by atoms with Crippen LogP contribution in [0.5, 0.6) is 0 Å². The van der Waals surface area contributed by atoms with Gasteiger partial charge in [0.25, 0.3) is 10.0 Å². The minimum absolute atomic E-state index is 0.0616. The molecule has 1 N–H and O–H groups in total. The second-order valence-electron chi connectivity index (χ2n) is 8.54. The number of sulfonamides is 1. The molecule has 162 valence electrons.